The molecule has 4 aromatic carbocycles. The second kappa shape index (κ2) is 5.98. The van der Waals surface area contributed by atoms with Gasteiger partial charge in [-0.15, -0.1) is 0 Å². The van der Waals surface area contributed by atoms with Crippen molar-refractivity contribution in [1.82, 2.24) is 0 Å². The van der Waals surface area contributed by atoms with Gasteiger partial charge < -0.3 is 4.74 Å². The zero-order valence-electron chi connectivity index (χ0n) is 12.6. The van der Waals surface area contributed by atoms with Crippen LogP contribution in [0.1, 0.15) is 0 Å². The standard InChI is InChI=1S/C22H16O/c1-2-11-18(12-3-1)23-22-16-7-6-14-21(22)20-15-8-10-17-9-4-5-13-19(17)20/h1-16H. The van der Waals surface area contributed by atoms with Crippen molar-refractivity contribution in [1.29, 1.82) is 0 Å². The highest BCUT2D eigenvalue weighted by Gasteiger charge is 2.09. The third kappa shape index (κ3) is 2.69. The Kier molecular flexibility index (Phi) is 3.53. The molecule has 0 aromatic heterocycles. The van der Waals surface area contributed by atoms with Crippen molar-refractivity contribution in [3.8, 4) is 22.6 Å². The Bertz CT molecular complexity index is 937. The summed E-state index contributed by atoms with van der Waals surface area (Å²) in [6, 6.07) is 32.9. The first-order valence-corrected chi connectivity index (χ1v) is 7.72. The van der Waals surface area contributed by atoms with Crippen LogP contribution in [-0.2, 0) is 0 Å². The molecule has 110 valence electrons. The summed E-state index contributed by atoms with van der Waals surface area (Å²) in [5.74, 6) is 1.72. The average molecular weight is 296 g/mol. The van der Waals surface area contributed by atoms with Crippen LogP contribution in [-0.4, -0.2) is 0 Å². The van der Waals surface area contributed by atoms with E-state index in [0.717, 1.165) is 17.1 Å². The number of para-hydroxylation sites is 2. The third-order valence-electron chi connectivity index (χ3n) is 3.94. The highest BCUT2D eigenvalue weighted by molar-refractivity contribution is 5.97. The van der Waals surface area contributed by atoms with Crippen LogP contribution in [0.5, 0.6) is 11.5 Å². The zero-order chi connectivity index (χ0) is 15.5. The van der Waals surface area contributed by atoms with Gasteiger partial charge in [0.1, 0.15) is 11.5 Å². The topological polar surface area (TPSA) is 9.23 Å². The quantitative estimate of drug-likeness (QED) is 0.431. The fraction of sp³-hybridized carbons (Fsp3) is 0. The maximum Gasteiger partial charge on any atom is 0.135 e. The van der Waals surface area contributed by atoms with Gasteiger partial charge in [0.15, 0.2) is 0 Å². The summed E-state index contributed by atoms with van der Waals surface area (Å²) in [5, 5.41) is 2.47. The van der Waals surface area contributed by atoms with E-state index in [2.05, 4.69) is 54.6 Å². The summed E-state index contributed by atoms with van der Waals surface area (Å²) in [6.45, 7) is 0. The molecular weight excluding hydrogens is 280 g/mol. The molecule has 0 spiro atoms. The summed E-state index contributed by atoms with van der Waals surface area (Å²) in [7, 11) is 0. The maximum atomic E-state index is 6.11. The van der Waals surface area contributed by atoms with E-state index >= 15 is 0 Å². The molecule has 0 atom stereocenters. The normalized spacial score (nSPS) is 10.6. The summed E-state index contributed by atoms with van der Waals surface area (Å²) < 4.78 is 6.11. The van der Waals surface area contributed by atoms with Crippen molar-refractivity contribution in [2.75, 3.05) is 0 Å². The lowest BCUT2D eigenvalue weighted by Gasteiger charge is -2.13. The first kappa shape index (κ1) is 13.6. The molecule has 0 saturated heterocycles. The summed E-state index contributed by atoms with van der Waals surface area (Å²) in [5.41, 5.74) is 2.29. The monoisotopic (exact) mass is 296 g/mol. The predicted octanol–water partition coefficient (Wildman–Crippen LogP) is 6.30. The Labute approximate surface area is 135 Å². The second-order valence-electron chi connectivity index (χ2n) is 5.44. The first-order valence-electron chi connectivity index (χ1n) is 7.72. The minimum Gasteiger partial charge on any atom is -0.457 e. The second-order valence-corrected chi connectivity index (χ2v) is 5.44. The molecule has 0 aliphatic rings. The lowest BCUT2D eigenvalue weighted by Crippen LogP contribution is -1.89. The number of hydrogen-bond donors (Lipinski definition) is 0. The van der Waals surface area contributed by atoms with Crippen molar-refractivity contribution in [3.05, 3.63) is 97.1 Å². The van der Waals surface area contributed by atoms with Gasteiger partial charge in [-0.3, -0.25) is 0 Å². The number of benzene rings is 4. The van der Waals surface area contributed by atoms with Gasteiger partial charge in [-0.2, -0.15) is 0 Å². The van der Waals surface area contributed by atoms with Crippen LogP contribution in [0.2, 0.25) is 0 Å². The van der Waals surface area contributed by atoms with Crippen LogP contribution >= 0.6 is 0 Å². The number of hydrogen-bond acceptors (Lipinski definition) is 1. The molecule has 23 heavy (non-hydrogen) atoms. The molecular formula is C22H16O. The smallest absolute Gasteiger partial charge is 0.135 e. The Hall–Kier alpha value is -3.06. The van der Waals surface area contributed by atoms with E-state index in [1.54, 1.807) is 0 Å². The highest BCUT2D eigenvalue weighted by Crippen LogP contribution is 2.36. The Morgan fingerprint density at radius 2 is 1.13 bits per heavy atom. The zero-order valence-corrected chi connectivity index (χ0v) is 12.6. The summed E-state index contributed by atoms with van der Waals surface area (Å²) >= 11 is 0. The SMILES string of the molecule is c1ccc(Oc2ccccc2-c2cccc3ccccc23)cc1. The molecule has 0 unspecified atom stereocenters. The van der Waals surface area contributed by atoms with Gasteiger partial charge in [-0.05, 0) is 34.5 Å². The largest absolute Gasteiger partial charge is 0.457 e. The average Bonchev–Trinajstić information content (AvgIpc) is 2.63. The van der Waals surface area contributed by atoms with Crippen molar-refractivity contribution >= 4 is 10.8 Å². The van der Waals surface area contributed by atoms with E-state index in [0.29, 0.717) is 0 Å². The van der Waals surface area contributed by atoms with Gasteiger partial charge in [0.05, 0.1) is 0 Å². The minimum atomic E-state index is 0.847. The number of fused-ring (bicyclic) bond motifs is 1. The molecule has 0 N–H and O–H groups in total. The van der Waals surface area contributed by atoms with E-state index < -0.39 is 0 Å². The fourth-order valence-electron chi connectivity index (χ4n) is 2.85. The molecule has 0 aliphatic carbocycles. The first-order chi connectivity index (χ1) is 11.4. The van der Waals surface area contributed by atoms with Gasteiger partial charge in [0.2, 0.25) is 0 Å². The molecule has 0 bridgehead atoms. The van der Waals surface area contributed by atoms with Gasteiger partial charge >= 0.3 is 0 Å². The molecule has 0 saturated carbocycles. The fourth-order valence-corrected chi connectivity index (χ4v) is 2.85. The van der Waals surface area contributed by atoms with E-state index in [9.17, 15) is 0 Å². The van der Waals surface area contributed by atoms with Crippen LogP contribution < -0.4 is 4.74 Å². The van der Waals surface area contributed by atoms with Crippen LogP contribution in [0, 0.1) is 0 Å². The highest BCUT2D eigenvalue weighted by atomic mass is 16.5. The van der Waals surface area contributed by atoms with E-state index in [1.165, 1.54) is 16.3 Å². The lowest BCUT2D eigenvalue weighted by molar-refractivity contribution is 0.484. The molecule has 1 nitrogen and oxygen atoms in total. The molecule has 0 fully saturated rings. The molecule has 0 amide bonds. The minimum absolute atomic E-state index is 0.847. The Morgan fingerprint density at radius 3 is 2.04 bits per heavy atom. The van der Waals surface area contributed by atoms with E-state index in [1.807, 2.05) is 42.5 Å². The maximum absolute atomic E-state index is 6.11. The number of rotatable bonds is 3. The lowest BCUT2D eigenvalue weighted by atomic mass is 9.98. The van der Waals surface area contributed by atoms with Crippen LogP contribution in [0.3, 0.4) is 0 Å². The number of ether oxygens (including phenoxy) is 1. The molecule has 0 aliphatic heterocycles. The molecule has 4 rings (SSSR count). The molecule has 0 heterocycles. The van der Waals surface area contributed by atoms with E-state index in [-0.39, 0.29) is 0 Å². The third-order valence-corrected chi connectivity index (χ3v) is 3.94. The summed E-state index contributed by atoms with van der Waals surface area (Å²) in [6.07, 6.45) is 0. The van der Waals surface area contributed by atoms with Crippen molar-refractivity contribution < 1.29 is 4.74 Å². The predicted molar refractivity (Wildman–Crippen MR) is 95.9 cm³/mol. The van der Waals surface area contributed by atoms with Crippen molar-refractivity contribution in [2.24, 2.45) is 0 Å². The van der Waals surface area contributed by atoms with Crippen molar-refractivity contribution in [3.63, 3.8) is 0 Å². The Balaban J connectivity index is 1.86. The van der Waals surface area contributed by atoms with Gasteiger partial charge in [0.25, 0.3) is 0 Å². The molecule has 4 aromatic rings. The molecule has 0 radical (unpaired) electrons. The van der Waals surface area contributed by atoms with Crippen molar-refractivity contribution in [2.45, 2.75) is 0 Å². The van der Waals surface area contributed by atoms with Crippen LogP contribution in [0.4, 0.5) is 0 Å². The Morgan fingerprint density at radius 1 is 0.478 bits per heavy atom. The van der Waals surface area contributed by atoms with Crippen LogP contribution in [0.15, 0.2) is 97.1 Å². The van der Waals surface area contributed by atoms with Gasteiger partial charge in [0, 0.05) is 5.56 Å². The van der Waals surface area contributed by atoms with Gasteiger partial charge in [-0.1, -0.05) is 78.9 Å². The van der Waals surface area contributed by atoms with Gasteiger partial charge in [-0.25, -0.2) is 0 Å². The summed E-state index contributed by atoms with van der Waals surface area (Å²) in [4.78, 5) is 0. The van der Waals surface area contributed by atoms with E-state index in [4.69, 9.17) is 4.74 Å². The van der Waals surface area contributed by atoms with Crippen LogP contribution in [0.25, 0.3) is 21.9 Å². The molecule has 1 heteroatoms.